The molecule has 1 aromatic rings. The van der Waals surface area contributed by atoms with Crippen LogP contribution in [0.1, 0.15) is 10.5 Å². The van der Waals surface area contributed by atoms with Gasteiger partial charge in [-0.2, -0.15) is 13.2 Å². The lowest BCUT2D eigenvalue weighted by molar-refractivity contribution is -0.115. The lowest BCUT2D eigenvalue weighted by Crippen LogP contribution is -2.23. The van der Waals surface area contributed by atoms with Crippen LogP contribution in [0, 0.1) is 0 Å². The van der Waals surface area contributed by atoms with E-state index < -0.39 is 18.6 Å². The summed E-state index contributed by atoms with van der Waals surface area (Å²) < 4.78 is 35.7. The number of aromatic nitrogens is 1. The maximum Gasteiger partial charge on any atom is 0.405 e. The molecule has 0 aliphatic heterocycles. The highest BCUT2D eigenvalue weighted by Crippen LogP contribution is 2.19. The molecule has 5 nitrogen and oxygen atoms in total. The Morgan fingerprint density at radius 3 is 2.56 bits per heavy atom. The second-order valence-electron chi connectivity index (χ2n) is 2.97. The van der Waals surface area contributed by atoms with Crippen LogP contribution in [0.15, 0.2) is 12.1 Å². The van der Waals surface area contributed by atoms with Gasteiger partial charge in [-0.25, -0.2) is 4.98 Å². The van der Waals surface area contributed by atoms with Crippen molar-refractivity contribution in [2.45, 2.75) is 6.18 Å². The number of nitrogens with zero attached hydrogens (tertiary/aromatic N) is 1. The summed E-state index contributed by atoms with van der Waals surface area (Å²) in [5.41, 5.74) is 10.2. The monoisotopic (exact) mass is 234 g/mol. The lowest BCUT2D eigenvalue weighted by atomic mass is 10.3. The molecule has 0 atom stereocenters. The molecule has 0 spiro atoms. The molecule has 0 unspecified atom stereocenters. The van der Waals surface area contributed by atoms with Crippen LogP contribution in [-0.4, -0.2) is 23.6 Å². The largest absolute Gasteiger partial charge is 0.405 e. The molecule has 0 aliphatic rings. The third-order valence-corrected chi connectivity index (χ3v) is 1.64. The molecule has 0 bridgehead atoms. The van der Waals surface area contributed by atoms with Gasteiger partial charge in [0, 0.05) is 0 Å². The van der Waals surface area contributed by atoms with Gasteiger partial charge in [0.05, 0.1) is 5.69 Å². The summed E-state index contributed by atoms with van der Waals surface area (Å²) in [5.74, 6) is -1.05. The Morgan fingerprint density at radius 2 is 2.06 bits per heavy atom. The minimum atomic E-state index is -4.39. The van der Waals surface area contributed by atoms with Crippen LogP contribution in [0.2, 0.25) is 0 Å². The van der Waals surface area contributed by atoms with Crippen molar-refractivity contribution in [1.29, 1.82) is 0 Å². The molecule has 1 aromatic heterocycles. The Morgan fingerprint density at radius 1 is 1.44 bits per heavy atom. The number of carbonyl (C=O) groups is 1. The highest BCUT2D eigenvalue weighted by Gasteiger charge is 2.27. The van der Waals surface area contributed by atoms with Crippen molar-refractivity contribution in [1.82, 2.24) is 4.98 Å². The summed E-state index contributed by atoms with van der Waals surface area (Å²) in [5, 5.41) is 1.98. The number of rotatable bonds is 3. The number of carbonyl (C=O) groups excluding carboxylic acids is 1. The molecule has 0 saturated carbocycles. The highest BCUT2D eigenvalue weighted by atomic mass is 19.4. The number of nitrogens with one attached hydrogen (secondary N) is 1. The van der Waals surface area contributed by atoms with Crippen LogP contribution in [0.3, 0.4) is 0 Å². The Labute approximate surface area is 88.6 Å². The van der Waals surface area contributed by atoms with Gasteiger partial charge in [0.1, 0.15) is 18.1 Å². The second-order valence-corrected chi connectivity index (χ2v) is 2.97. The number of nitrogen functional groups attached to an aromatic ring is 1. The summed E-state index contributed by atoms with van der Waals surface area (Å²) in [6.45, 7) is -1.29. The van der Waals surface area contributed by atoms with E-state index >= 15 is 0 Å². The minimum Gasteiger partial charge on any atom is -0.396 e. The Kier molecular flexibility index (Phi) is 3.21. The van der Waals surface area contributed by atoms with Crippen LogP contribution in [0.25, 0.3) is 0 Å². The fraction of sp³-hybridized carbons (Fsp3) is 0.250. The van der Waals surface area contributed by atoms with Gasteiger partial charge >= 0.3 is 6.18 Å². The predicted octanol–water partition coefficient (Wildman–Crippen LogP) is 0.737. The summed E-state index contributed by atoms with van der Waals surface area (Å²) in [7, 11) is 0. The SMILES string of the molecule is NC(=O)c1ccc(N)c(NCC(F)(F)F)n1. The van der Waals surface area contributed by atoms with E-state index in [0.29, 0.717) is 0 Å². The number of amides is 1. The van der Waals surface area contributed by atoms with Gasteiger partial charge < -0.3 is 16.8 Å². The van der Waals surface area contributed by atoms with Crippen molar-refractivity contribution in [2.24, 2.45) is 5.73 Å². The zero-order valence-electron chi connectivity index (χ0n) is 8.01. The van der Waals surface area contributed by atoms with E-state index in [1.807, 2.05) is 5.32 Å². The van der Waals surface area contributed by atoms with Gasteiger partial charge in [0.2, 0.25) is 0 Å². The molecule has 1 heterocycles. The number of primary amides is 1. The molecule has 1 rings (SSSR count). The molecular formula is C8H9F3N4O. The van der Waals surface area contributed by atoms with Crippen molar-refractivity contribution < 1.29 is 18.0 Å². The van der Waals surface area contributed by atoms with Crippen molar-refractivity contribution in [3.8, 4) is 0 Å². The Bertz CT molecular complexity index is 405. The number of alkyl halides is 3. The minimum absolute atomic E-state index is 0.00856. The van der Waals surface area contributed by atoms with Gasteiger partial charge in [-0.1, -0.05) is 0 Å². The molecule has 0 aromatic carbocycles. The second kappa shape index (κ2) is 4.25. The fourth-order valence-corrected chi connectivity index (χ4v) is 0.933. The normalized spacial score (nSPS) is 11.2. The zero-order valence-corrected chi connectivity index (χ0v) is 8.01. The van der Waals surface area contributed by atoms with Gasteiger partial charge in [0.25, 0.3) is 5.91 Å². The topological polar surface area (TPSA) is 94.0 Å². The number of pyridine rings is 1. The molecule has 5 N–H and O–H groups in total. The number of nitrogens with two attached hydrogens (primary N) is 2. The maximum atomic E-state index is 11.9. The first-order chi connectivity index (χ1) is 7.29. The first kappa shape index (κ1) is 12.1. The third-order valence-electron chi connectivity index (χ3n) is 1.64. The average Bonchev–Trinajstić information content (AvgIpc) is 2.14. The van der Waals surface area contributed by atoms with Crippen molar-refractivity contribution in [3.63, 3.8) is 0 Å². The summed E-state index contributed by atoms with van der Waals surface area (Å²) in [4.78, 5) is 14.3. The average molecular weight is 234 g/mol. The first-order valence-corrected chi connectivity index (χ1v) is 4.16. The quantitative estimate of drug-likeness (QED) is 0.718. The van der Waals surface area contributed by atoms with Gasteiger partial charge in [0.15, 0.2) is 0 Å². The van der Waals surface area contributed by atoms with E-state index in [1.54, 1.807) is 0 Å². The molecule has 16 heavy (non-hydrogen) atoms. The fourth-order valence-electron chi connectivity index (χ4n) is 0.933. The summed E-state index contributed by atoms with van der Waals surface area (Å²) in [6.07, 6.45) is -4.39. The van der Waals surface area contributed by atoms with Crippen LogP contribution < -0.4 is 16.8 Å². The van der Waals surface area contributed by atoms with E-state index in [-0.39, 0.29) is 17.2 Å². The molecule has 88 valence electrons. The van der Waals surface area contributed by atoms with Gasteiger partial charge in [-0.15, -0.1) is 0 Å². The molecule has 0 aliphatic carbocycles. The zero-order chi connectivity index (χ0) is 12.3. The van der Waals surface area contributed by atoms with Crippen molar-refractivity contribution in [2.75, 3.05) is 17.6 Å². The smallest absolute Gasteiger partial charge is 0.396 e. The van der Waals surface area contributed by atoms with E-state index in [9.17, 15) is 18.0 Å². The highest BCUT2D eigenvalue weighted by molar-refractivity contribution is 5.91. The van der Waals surface area contributed by atoms with E-state index in [0.717, 1.165) is 0 Å². The third kappa shape index (κ3) is 3.30. The van der Waals surface area contributed by atoms with E-state index in [2.05, 4.69) is 4.98 Å². The van der Waals surface area contributed by atoms with Gasteiger partial charge in [-0.3, -0.25) is 4.79 Å². The standard InChI is InChI=1S/C8H9F3N4O/c9-8(10,11)3-14-7-4(12)1-2-5(15-7)6(13)16/h1-2H,3,12H2,(H2,13,16)(H,14,15). The summed E-state index contributed by atoms with van der Waals surface area (Å²) >= 11 is 0. The number of hydrogen-bond acceptors (Lipinski definition) is 4. The molecule has 0 fully saturated rings. The number of halogens is 3. The molecule has 1 amide bonds. The van der Waals surface area contributed by atoms with Crippen LogP contribution in [0.5, 0.6) is 0 Å². The van der Waals surface area contributed by atoms with Crippen LogP contribution >= 0.6 is 0 Å². The summed E-state index contributed by atoms with van der Waals surface area (Å²) in [6, 6.07) is 2.49. The molecule has 8 heteroatoms. The van der Waals surface area contributed by atoms with Gasteiger partial charge in [-0.05, 0) is 12.1 Å². The lowest BCUT2D eigenvalue weighted by Gasteiger charge is -2.11. The predicted molar refractivity (Wildman–Crippen MR) is 51.7 cm³/mol. The number of hydrogen-bond donors (Lipinski definition) is 3. The Hall–Kier alpha value is -1.99. The first-order valence-electron chi connectivity index (χ1n) is 4.16. The molecular weight excluding hydrogens is 225 g/mol. The molecule has 0 radical (unpaired) electrons. The Balaban J connectivity index is 2.86. The van der Waals surface area contributed by atoms with Crippen LogP contribution in [0.4, 0.5) is 24.7 Å². The molecule has 0 saturated heterocycles. The van der Waals surface area contributed by atoms with Crippen molar-refractivity contribution >= 4 is 17.4 Å². The van der Waals surface area contributed by atoms with Crippen molar-refractivity contribution in [3.05, 3.63) is 17.8 Å². The maximum absolute atomic E-state index is 11.9. The van der Waals surface area contributed by atoms with E-state index in [4.69, 9.17) is 11.5 Å². The van der Waals surface area contributed by atoms with Crippen LogP contribution in [-0.2, 0) is 0 Å². The number of anilines is 2. The van der Waals surface area contributed by atoms with E-state index in [1.165, 1.54) is 12.1 Å².